The molecule has 0 spiro atoms. The molecular formula is C12H16O2S. The van der Waals surface area contributed by atoms with Crippen LogP contribution in [0, 0.1) is 0 Å². The largest absolute Gasteiger partial charge is 0.223 e. The van der Waals surface area contributed by atoms with Gasteiger partial charge >= 0.3 is 0 Å². The minimum atomic E-state index is -3.14. The van der Waals surface area contributed by atoms with Crippen molar-refractivity contribution in [1.82, 2.24) is 0 Å². The standard InChI is InChI=1S/C12H16O2S/c1-12(9-5-6-10-12)15(13,14)11-7-3-2-4-8-11/h2-4,7-8H,5-6,9-10H2,1H3. The van der Waals surface area contributed by atoms with Crippen molar-refractivity contribution in [3.05, 3.63) is 30.3 Å². The third-order valence-electron chi connectivity index (χ3n) is 3.36. The molecule has 0 aliphatic heterocycles. The van der Waals surface area contributed by atoms with Gasteiger partial charge in [-0.2, -0.15) is 0 Å². The molecule has 3 heteroatoms. The highest BCUT2D eigenvalue weighted by Gasteiger charge is 2.42. The molecule has 1 aromatic carbocycles. The number of rotatable bonds is 2. The summed E-state index contributed by atoms with van der Waals surface area (Å²) in [6.45, 7) is 1.88. The topological polar surface area (TPSA) is 34.1 Å². The Morgan fingerprint density at radius 3 is 2.13 bits per heavy atom. The maximum Gasteiger partial charge on any atom is 0.183 e. The van der Waals surface area contributed by atoms with E-state index in [1.54, 1.807) is 24.3 Å². The van der Waals surface area contributed by atoms with Gasteiger partial charge in [-0.3, -0.25) is 0 Å². The fourth-order valence-electron chi connectivity index (χ4n) is 2.28. The zero-order valence-corrected chi connectivity index (χ0v) is 9.76. The molecule has 2 rings (SSSR count). The monoisotopic (exact) mass is 224 g/mol. The smallest absolute Gasteiger partial charge is 0.183 e. The summed E-state index contributed by atoms with van der Waals surface area (Å²) in [5.74, 6) is 0. The molecule has 0 aromatic heterocycles. The van der Waals surface area contributed by atoms with Gasteiger partial charge in [0.05, 0.1) is 9.64 Å². The molecule has 0 atom stereocenters. The van der Waals surface area contributed by atoms with Crippen molar-refractivity contribution in [3.63, 3.8) is 0 Å². The Balaban J connectivity index is 2.44. The van der Waals surface area contributed by atoms with Crippen molar-refractivity contribution in [1.29, 1.82) is 0 Å². The molecule has 0 radical (unpaired) electrons. The summed E-state index contributed by atoms with van der Waals surface area (Å²) >= 11 is 0. The summed E-state index contributed by atoms with van der Waals surface area (Å²) in [5.41, 5.74) is 0. The zero-order chi connectivity index (χ0) is 10.9. The van der Waals surface area contributed by atoms with Crippen LogP contribution in [0.2, 0.25) is 0 Å². The van der Waals surface area contributed by atoms with Crippen LogP contribution in [-0.2, 0) is 9.84 Å². The summed E-state index contributed by atoms with van der Waals surface area (Å²) in [7, 11) is -3.14. The third kappa shape index (κ3) is 1.69. The molecule has 1 aliphatic carbocycles. The van der Waals surface area contributed by atoms with E-state index in [9.17, 15) is 8.42 Å². The van der Waals surface area contributed by atoms with E-state index >= 15 is 0 Å². The van der Waals surface area contributed by atoms with Crippen molar-refractivity contribution in [2.45, 2.75) is 42.2 Å². The molecule has 1 fully saturated rings. The van der Waals surface area contributed by atoms with Crippen LogP contribution in [-0.4, -0.2) is 13.2 Å². The Hall–Kier alpha value is -0.830. The molecule has 0 heterocycles. The van der Waals surface area contributed by atoms with Crippen LogP contribution in [0.3, 0.4) is 0 Å². The quantitative estimate of drug-likeness (QED) is 0.774. The molecule has 2 nitrogen and oxygen atoms in total. The number of benzene rings is 1. The van der Waals surface area contributed by atoms with E-state index in [-0.39, 0.29) is 0 Å². The second kappa shape index (κ2) is 3.63. The lowest BCUT2D eigenvalue weighted by Gasteiger charge is -2.23. The second-order valence-corrected chi connectivity index (χ2v) is 6.94. The van der Waals surface area contributed by atoms with Gasteiger partial charge in [-0.1, -0.05) is 31.0 Å². The van der Waals surface area contributed by atoms with Gasteiger partial charge in [-0.25, -0.2) is 8.42 Å². The fraction of sp³-hybridized carbons (Fsp3) is 0.500. The number of sulfone groups is 1. The van der Waals surface area contributed by atoms with E-state index < -0.39 is 14.6 Å². The molecule has 1 aliphatic rings. The van der Waals surface area contributed by atoms with Crippen LogP contribution in [0.15, 0.2) is 35.2 Å². The molecule has 82 valence electrons. The molecule has 0 amide bonds. The summed E-state index contributed by atoms with van der Waals surface area (Å²) in [6.07, 6.45) is 3.65. The van der Waals surface area contributed by atoms with Crippen LogP contribution >= 0.6 is 0 Å². The SMILES string of the molecule is CC1(S(=O)(=O)c2ccccc2)CCCC1. The lowest BCUT2D eigenvalue weighted by molar-refractivity contribution is 0.533. The Morgan fingerprint density at radius 1 is 1.07 bits per heavy atom. The predicted molar refractivity (Wildman–Crippen MR) is 60.5 cm³/mol. The first-order chi connectivity index (χ1) is 7.06. The van der Waals surface area contributed by atoms with Gasteiger partial charge in [0.15, 0.2) is 9.84 Å². The molecule has 15 heavy (non-hydrogen) atoms. The van der Waals surface area contributed by atoms with Crippen LogP contribution in [0.25, 0.3) is 0 Å². The van der Waals surface area contributed by atoms with Gasteiger partial charge in [0.1, 0.15) is 0 Å². The normalized spacial score (nSPS) is 20.3. The molecule has 0 unspecified atom stereocenters. The van der Waals surface area contributed by atoms with Crippen molar-refractivity contribution in [2.24, 2.45) is 0 Å². The minimum absolute atomic E-state index is 0.467. The van der Waals surface area contributed by atoms with Gasteiger partial charge in [0, 0.05) is 0 Å². The van der Waals surface area contributed by atoms with Gasteiger partial charge in [0.25, 0.3) is 0 Å². The summed E-state index contributed by atoms with van der Waals surface area (Å²) in [5, 5.41) is 0. The van der Waals surface area contributed by atoms with Crippen LogP contribution in [0.4, 0.5) is 0 Å². The van der Waals surface area contributed by atoms with Gasteiger partial charge in [-0.15, -0.1) is 0 Å². The van der Waals surface area contributed by atoms with Crippen LogP contribution in [0.5, 0.6) is 0 Å². The van der Waals surface area contributed by atoms with Crippen molar-refractivity contribution in [3.8, 4) is 0 Å². The predicted octanol–water partition coefficient (Wildman–Crippen LogP) is 2.79. The first-order valence-electron chi connectivity index (χ1n) is 5.36. The Bertz CT molecular complexity index is 428. The van der Waals surface area contributed by atoms with Crippen LogP contribution in [0.1, 0.15) is 32.6 Å². The van der Waals surface area contributed by atoms with Gasteiger partial charge < -0.3 is 0 Å². The molecule has 1 saturated carbocycles. The summed E-state index contributed by atoms with van der Waals surface area (Å²) < 4.78 is 24.2. The zero-order valence-electron chi connectivity index (χ0n) is 8.94. The highest BCUT2D eigenvalue weighted by Crippen LogP contribution is 2.39. The maximum absolute atomic E-state index is 12.4. The van der Waals surface area contributed by atoms with Crippen molar-refractivity contribution < 1.29 is 8.42 Å². The molecular weight excluding hydrogens is 208 g/mol. The highest BCUT2D eigenvalue weighted by molar-refractivity contribution is 7.92. The van der Waals surface area contributed by atoms with Gasteiger partial charge in [0.2, 0.25) is 0 Å². The Morgan fingerprint density at radius 2 is 1.60 bits per heavy atom. The molecule has 0 N–H and O–H groups in total. The summed E-state index contributed by atoms with van der Waals surface area (Å²) in [4.78, 5) is 0.467. The Kier molecular flexibility index (Phi) is 2.59. The van der Waals surface area contributed by atoms with E-state index in [1.165, 1.54) is 0 Å². The van der Waals surface area contributed by atoms with E-state index in [4.69, 9.17) is 0 Å². The first-order valence-corrected chi connectivity index (χ1v) is 6.84. The maximum atomic E-state index is 12.4. The van der Waals surface area contributed by atoms with E-state index in [0.29, 0.717) is 4.90 Å². The number of hydrogen-bond donors (Lipinski definition) is 0. The lowest BCUT2D eigenvalue weighted by Crippen LogP contribution is -2.31. The van der Waals surface area contributed by atoms with Gasteiger partial charge in [-0.05, 0) is 31.9 Å². The molecule has 1 aromatic rings. The summed E-state index contributed by atoms with van der Waals surface area (Å²) in [6, 6.07) is 8.80. The minimum Gasteiger partial charge on any atom is -0.223 e. The van der Waals surface area contributed by atoms with Crippen molar-refractivity contribution >= 4 is 9.84 Å². The molecule has 0 bridgehead atoms. The molecule has 0 saturated heterocycles. The number of hydrogen-bond acceptors (Lipinski definition) is 2. The fourth-order valence-corrected chi connectivity index (χ4v) is 4.19. The highest BCUT2D eigenvalue weighted by atomic mass is 32.2. The third-order valence-corrected chi connectivity index (χ3v) is 5.96. The average molecular weight is 224 g/mol. The second-order valence-electron chi connectivity index (χ2n) is 4.47. The average Bonchev–Trinajstić information content (AvgIpc) is 2.68. The van der Waals surface area contributed by atoms with E-state index in [1.807, 2.05) is 13.0 Å². The van der Waals surface area contributed by atoms with E-state index in [0.717, 1.165) is 25.7 Å². The first kappa shape index (κ1) is 10.7. The van der Waals surface area contributed by atoms with Crippen molar-refractivity contribution in [2.75, 3.05) is 0 Å². The lowest BCUT2D eigenvalue weighted by atomic mass is 10.1. The van der Waals surface area contributed by atoms with E-state index in [2.05, 4.69) is 0 Å². The Labute approximate surface area is 91.2 Å². The van der Waals surface area contributed by atoms with Crippen LogP contribution < -0.4 is 0 Å².